The summed E-state index contributed by atoms with van der Waals surface area (Å²) in [5.74, 6) is 0.191. The Labute approximate surface area is 122 Å². The molecule has 0 saturated heterocycles. The molecule has 0 aromatic heterocycles. The molecule has 0 unspecified atom stereocenters. The third-order valence-corrected chi connectivity index (χ3v) is 3.59. The van der Waals surface area contributed by atoms with Crippen molar-refractivity contribution in [2.24, 2.45) is 11.5 Å². The lowest BCUT2D eigenvalue weighted by molar-refractivity contribution is -0.120. The van der Waals surface area contributed by atoms with Crippen molar-refractivity contribution >= 4 is 5.78 Å². The summed E-state index contributed by atoms with van der Waals surface area (Å²) in [7, 11) is 0. The Morgan fingerprint density at radius 3 is 2.20 bits per heavy atom. The number of carbonyl (C=O) groups excluding carboxylic acids is 1. The van der Waals surface area contributed by atoms with Gasteiger partial charge in [0, 0.05) is 6.42 Å². The average Bonchev–Trinajstić information content (AvgIpc) is 2.47. The smallest absolute Gasteiger partial charge is 0.149 e. The van der Waals surface area contributed by atoms with Gasteiger partial charge in [0.05, 0.1) is 6.04 Å². The SMILES string of the molecule is NCCCCCCCCC(=O)[C@@H](N)Cc1ccccc1. The van der Waals surface area contributed by atoms with Crippen molar-refractivity contribution in [3.8, 4) is 0 Å². The van der Waals surface area contributed by atoms with Crippen LogP contribution < -0.4 is 11.5 Å². The summed E-state index contributed by atoms with van der Waals surface area (Å²) < 4.78 is 0. The molecule has 1 rings (SSSR count). The van der Waals surface area contributed by atoms with E-state index in [2.05, 4.69) is 0 Å². The first-order chi connectivity index (χ1) is 9.74. The third-order valence-electron chi connectivity index (χ3n) is 3.59. The molecular formula is C17H28N2O. The molecule has 0 aliphatic rings. The van der Waals surface area contributed by atoms with Gasteiger partial charge in [-0.1, -0.05) is 56.0 Å². The second-order valence-corrected chi connectivity index (χ2v) is 5.42. The zero-order valence-corrected chi connectivity index (χ0v) is 12.4. The predicted octanol–water partition coefficient (Wildman–Crippen LogP) is 2.81. The average molecular weight is 276 g/mol. The van der Waals surface area contributed by atoms with Crippen molar-refractivity contribution in [1.29, 1.82) is 0 Å². The van der Waals surface area contributed by atoms with Crippen LogP contribution in [0.3, 0.4) is 0 Å². The fourth-order valence-corrected chi connectivity index (χ4v) is 2.32. The van der Waals surface area contributed by atoms with Crippen LogP contribution in [0.4, 0.5) is 0 Å². The van der Waals surface area contributed by atoms with E-state index in [1.165, 1.54) is 19.3 Å². The fraction of sp³-hybridized carbons (Fsp3) is 0.588. The molecule has 3 nitrogen and oxygen atoms in total. The van der Waals surface area contributed by atoms with Crippen LogP contribution in [0.15, 0.2) is 30.3 Å². The maximum atomic E-state index is 11.9. The molecule has 0 aliphatic carbocycles. The van der Waals surface area contributed by atoms with Gasteiger partial charge >= 0.3 is 0 Å². The van der Waals surface area contributed by atoms with Crippen LogP contribution in [0.1, 0.15) is 50.5 Å². The topological polar surface area (TPSA) is 69.1 Å². The normalized spacial score (nSPS) is 12.3. The number of Topliss-reactive ketones (excluding diaryl/α,β-unsaturated/α-hetero) is 1. The van der Waals surface area contributed by atoms with E-state index in [9.17, 15) is 4.79 Å². The number of ketones is 1. The summed E-state index contributed by atoms with van der Waals surface area (Å²) >= 11 is 0. The van der Waals surface area contributed by atoms with Gasteiger partial charge in [-0.05, 0) is 31.4 Å². The molecule has 1 atom stereocenters. The second kappa shape index (κ2) is 10.6. The minimum absolute atomic E-state index is 0.191. The molecule has 0 radical (unpaired) electrons. The van der Waals surface area contributed by atoms with Crippen LogP contribution in [-0.2, 0) is 11.2 Å². The van der Waals surface area contributed by atoms with Gasteiger partial charge < -0.3 is 11.5 Å². The maximum Gasteiger partial charge on any atom is 0.149 e. The lowest BCUT2D eigenvalue weighted by Gasteiger charge is -2.10. The van der Waals surface area contributed by atoms with Crippen LogP contribution in [0.5, 0.6) is 0 Å². The highest BCUT2D eigenvalue weighted by atomic mass is 16.1. The Morgan fingerprint density at radius 1 is 0.950 bits per heavy atom. The molecule has 1 aromatic rings. The number of benzene rings is 1. The van der Waals surface area contributed by atoms with E-state index in [1.54, 1.807) is 0 Å². The highest BCUT2D eigenvalue weighted by Crippen LogP contribution is 2.09. The molecule has 0 heterocycles. The minimum atomic E-state index is -0.352. The monoisotopic (exact) mass is 276 g/mol. The molecule has 20 heavy (non-hydrogen) atoms. The Bertz CT molecular complexity index is 365. The molecule has 4 N–H and O–H groups in total. The summed E-state index contributed by atoms with van der Waals surface area (Å²) in [5, 5.41) is 0. The number of carbonyl (C=O) groups is 1. The van der Waals surface area contributed by atoms with E-state index in [1.807, 2.05) is 30.3 Å². The molecule has 112 valence electrons. The first kappa shape index (κ1) is 16.9. The minimum Gasteiger partial charge on any atom is -0.330 e. The van der Waals surface area contributed by atoms with Gasteiger partial charge in [-0.3, -0.25) is 4.79 Å². The Kier molecular flexibility index (Phi) is 8.92. The summed E-state index contributed by atoms with van der Waals surface area (Å²) in [4.78, 5) is 11.9. The van der Waals surface area contributed by atoms with Gasteiger partial charge in [0.2, 0.25) is 0 Å². The Morgan fingerprint density at radius 2 is 1.55 bits per heavy atom. The largest absolute Gasteiger partial charge is 0.330 e. The Balaban J connectivity index is 2.10. The van der Waals surface area contributed by atoms with Crippen LogP contribution in [0.25, 0.3) is 0 Å². The van der Waals surface area contributed by atoms with Gasteiger partial charge in [0.1, 0.15) is 5.78 Å². The van der Waals surface area contributed by atoms with Crippen molar-refractivity contribution < 1.29 is 4.79 Å². The molecule has 0 amide bonds. The summed E-state index contributed by atoms with van der Waals surface area (Å²) in [5.41, 5.74) is 12.5. The molecule has 1 aromatic carbocycles. The van der Waals surface area contributed by atoms with E-state index in [0.717, 1.165) is 31.4 Å². The zero-order valence-electron chi connectivity index (χ0n) is 12.4. The quantitative estimate of drug-likeness (QED) is 0.611. The molecule has 0 spiro atoms. The Hall–Kier alpha value is -1.19. The lowest BCUT2D eigenvalue weighted by atomic mass is 9.99. The standard InChI is InChI=1S/C17H28N2O/c18-13-9-4-2-1-3-8-12-17(20)16(19)14-15-10-6-5-7-11-15/h5-7,10-11,16H,1-4,8-9,12-14,18-19H2/t16-/m0/s1. The van der Waals surface area contributed by atoms with Crippen LogP contribution >= 0.6 is 0 Å². The number of rotatable bonds is 11. The van der Waals surface area contributed by atoms with Crippen LogP contribution in [-0.4, -0.2) is 18.4 Å². The van der Waals surface area contributed by atoms with Gasteiger partial charge in [-0.15, -0.1) is 0 Å². The van der Waals surface area contributed by atoms with Gasteiger partial charge in [0.25, 0.3) is 0 Å². The summed E-state index contributed by atoms with van der Waals surface area (Å²) in [6.07, 6.45) is 8.08. The van der Waals surface area contributed by atoms with Crippen molar-refractivity contribution in [1.82, 2.24) is 0 Å². The zero-order chi connectivity index (χ0) is 14.6. The third kappa shape index (κ3) is 7.41. The fourth-order valence-electron chi connectivity index (χ4n) is 2.32. The van der Waals surface area contributed by atoms with E-state index in [0.29, 0.717) is 12.8 Å². The van der Waals surface area contributed by atoms with Crippen LogP contribution in [0.2, 0.25) is 0 Å². The van der Waals surface area contributed by atoms with E-state index in [4.69, 9.17) is 11.5 Å². The number of nitrogens with two attached hydrogens (primary N) is 2. The van der Waals surface area contributed by atoms with E-state index < -0.39 is 0 Å². The first-order valence-corrected chi connectivity index (χ1v) is 7.76. The molecule has 0 aliphatic heterocycles. The first-order valence-electron chi connectivity index (χ1n) is 7.76. The van der Waals surface area contributed by atoms with Gasteiger partial charge in [-0.2, -0.15) is 0 Å². The summed E-state index contributed by atoms with van der Waals surface area (Å²) in [6.45, 7) is 0.785. The van der Waals surface area contributed by atoms with E-state index >= 15 is 0 Å². The number of unbranched alkanes of at least 4 members (excludes halogenated alkanes) is 5. The van der Waals surface area contributed by atoms with Crippen molar-refractivity contribution in [2.75, 3.05) is 6.54 Å². The molecule has 0 fully saturated rings. The maximum absolute atomic E-state index is 11.9. The molecular weight excluding hydrogens is 248 g/mol. The molecule has 0 bridgehead atoms. The van der Waals surface area contributed by atoms with Crippen molar-refractivity contribution in [2.45, 2.75) is 57.4 Å². The van der Waals surface area contributed by atoms with E-state index in [-0.39, 0.29) is 11.8 Å². The van der Waals surface area contributed by atoms with Crippen molar-refractivity contribution in [3.05, 3.63) is 35.9 Å². The lowest BCUT2D eigenvalue weighted by Crippen LogP contribution is -2.32. The van der Waals surface area contributed by atoms with Crippen LogP contribution in [0, 0.1) is 0 Å². The predicted molar refractivity (Wildman–Crippen MR) is 84.5 cm³/mol. The van der Waals surface area contributed by atoms with Crippen molar-refractivity contribution in [3.63, 3.8) is 0 Å². The molecule has 0 saturated carbocycles. The second-order valence-electron chi connectivity index (χ2n) is 5.42. The highest BCUT2D eigenvalue weighted by Gasteiger charge is 2.13. The highest BCUT2D eigenvalue weighted by molar-refractivity contribution is 5.84. The van der Waals surface area contributed by atoms with Gasteiger partial charge in [-0.25, -0.2) is 0 Å². The van der Waals surface area contributed by atoms with Gasteiger partial charge in [0.15, 0.2) is 0 Å². The number of hydrogen-bond acceptors (Lipinski definition) is 3. The summed E-state index contributed by atoms with van der Waals surface area (Å²) in [6, 6.07) is 9.62. The number of hydrogen-bond donors (Lipinski definition) is 2. The molecule has 3 heteroatoms.